The number of aliphatic imine (C=N–C) groups is 2. The topological polar surface area (TPSA) is 51.0 Å². The maximum atomic E-state index is 7.50. The minimum Gasteiger partial charge on any atom is -0.456 e. The second-order valence-electron chi connectivity index (χ2n) is 19.4. The van der Waals surface area contributed by atoms with Crippen molar-refractivity contribution in [2.24, 2.45) is 9.98 Å². The van der Waals surface area contributed by atoms with Crippen LogP contribution in [0.5, 0.6) is 0 Å². The second kappa shape index (κ2) is 14.2. The lowest BCUT2D eigenvalue weighted by molar-refractivity contribution is 0.536. The second-order valence-corrected chi connectivity index (χ2v) is 19.4. The first-order valence-electron chi connectivity index (χ1n) is 22.7. The molecule has 0 fully saturated rings. The monoisotopic (exact) mass is 840 g/mol. The van der Waals surface area contributed by atoms with Gasteiger partial charge < -0.3 is 8.83 Å². The van der Waals surface area contributed by atoms with E-state index in [1.807, 2.05) is 12.1 Å². The molecule has 0 amide bonds. The van der Waals surface area contributed by atoms with Crippen LogP contribution in [0.1, 0.15) is 84.7 Å². The van der Waals surface area contributed by atoms with Gasteiger partial charge >= 0.3 is 0 Å². The van der Waals surface area contributed by atoms with Crippen molar-refractivity contribution in [2.45, 2.75) is 59.3 Å². The normalized spacial score (nSPS) is 14.1. The number of para-hydroxylation sites is 3. The Hall–Kier alpha value is -7.56. The van der Waals surface area contributed by atoms with E-state index >= 15 is 0 Å². The lowest BCUT2D eigenvalue weighted by Gasteiger charge is -2.33. The van der Waals surface area contributed by atoms with Crippen molar-refractivity contribution in [3.8, 4) is 0 Å². The SMILES string of the molecule is Cc1cccc(C(=Nc2ccccc2)c2c(C(=Nc3ccccc3)c3cccc(C)c3)c3ccc4oc5c(C(C)(C)C)c6ccc5c4c3c3c2ccc2c4cccc(c4oc23)C6(C)C)c1. The average Bonchev–Trinajstić information content (AvgIpc) is 3.88. The highest BCUT2D eigenvalue weighted by Gasteiger charge is 2.37. The van der Waals surface area contributed by atoms with Crippen molar-refractivity contribution in [2.75, 3.05) is 0 Å². The number of nitrogens with zero attached hydrogens (tertiary/aromatic N) is 2. The molecule has 65 heavy (non-hydrogen) atoms. The highest BCUT2D eigenvalue weighted by atomic mass is 16.3. The first-order valence-corrected chi connectivity index (χ1v) is 22.7. The van der Waals surface area contributed by atoms with Crippen LogP contribution < -0.4 is 0 Å². The van der Waals surface area contributed by atoms with Crippen LogP contribution in [0.2, 0.25) is 0 Å². The fourth-order valence-corrected chi connectivity index (χ4v) is 10.8. The molecule has 0 spiro atoms. The molecule has 0 saturated heterocycles. The van der Waals surface area contributed by atoms with E-state index in [0.717, 1.165) is 127 Å². The Labute approximate surface area is 378 Å². The number of aryl methyl sites for hydroxylation is 2. The fraction of sp³-hybridized carbons (Fsp3) is 0.148. The summed E-state index contributed by atoms with van der Waals surface area (Å²) < 4.78 is 14.7. The van der Waals surface area contributed by atoms with Crippen LogP contribution in [0, 0.1) is 13.8 Å². The summed E-state index contributed by atoms with van der Waals surface area (Å²) in [7, 11) is 0. The highest BCUT2D eigenvalue weighted by molar-refractivity contribution is 6.41. The van der Waals surface area contributed by atoms with Crippen molar-refractivity contribution < 1.29 is 8.83 Å². The Bertz CT molecular complexity index is 3840. The first kappa shape index (κ1) is 39.1. The molecule has 0 N–H and O–H groups in total. The van der Waals surface area contributed by atoms with E-state index in [1.54, 1.807) is 0 Å². The van der Waals surface area contributed by atoms with Gasteiger partial charge in [0.05, 0.1) is 22.8 Å². The summed E-state index contributed by atoms with van der Waals surface area (Å²) in [6.45, 7) is 15.9. The molecule has 4 nitrogen and oxygen atoms in total. The number of fused-ring (bicyclic) bond motifs is 2. The van der Waals surface area contributed by atoms with E-state index in [0.29, 0.717) is 0 Å². The molecule has 0 unspecified atom stereocenters. The van der Waals surface area contributed by atoms with Crippen molar-refractivity contribution in [3.05, 3.63) is 214 Å². The maximum Gasteiger partial charge on any atom is 0.143 e. The molecule has 0 saturated carbocycles. The van der Waals surface area contributed by atoms with E-state index in [2.05, 4.69) is 200 Å². The van der Waals surface area contributed by atoms with Crippen LogP contribution in [0.15, 0.2) is 183 Å². The molecule has 0 radical (unpaired) electrons. The summed E-state index contributed by atoms with van der Waals surface area (Å²) in [4.78, 5) is 11.4. The Kier molecular flexibility index (Phi) is 8.55. The third kappa shape index (κ3) is 5.97. The van der Waals surface area contributed by atoms with Gasteiger partial charge in [-0.2, -0.15) is 0 Å². The van der Waals surface area contributed by atoms with Crippen LogP contribution in [-0.2, 0) is 10.8 Å². The third-order valence-electron chi connectivity index (χ3n) is 13.7. The van der Waals surface area contributed by atoms with Gasteiger partial charge in [-0.3, -0.25) is 0 Å². The molecular weight excluding hydrogens is 793 g/mol. The highest BCUT2D eigenvalue weighted by Crippen LogP contribution is 2.52. The Morgan fingerprint density at radius 3 is 1.58 bits per heavy atom. The maximum absolute atomic E-state index is 7.50. The van der Waals surface area contributed by atoms with E-state index in [1.165, 1.54) is 11.1 Å². The summed E-state index contributed by atoms with van der Waals surface area (Å²) in [6.07, 6.45) is 0. The smallest absolute Gasteiger partial charge is 0.143 e. The van der Waals surface area contributed by atoms with Gasteiger partial charge in [0.1, 0.15) is 22.3 Å². The fourth-order valence-electron chi connectivity index (χ4n) is 10.8. The summed E-state index contributed by atoms with van der Waals surface area (Å²) in [5.74, 6) is 0. The third-order valence-corrected chi connectivity index (χ3v) is 13.7. The zero-order valence-electron chi connectivity index (χ0n) is 37.8. The van der Waals surface area contributed by atoms with Gasteiger partial charge in [-0.05, 0) is 90.2 Å². The van der Waals surface area contributed by atoms with Crippen molar-refractivity contribution in [1.29, 1.82) is 0 Å². The number of furan rings is 2. The molecule has 0 aliphatic carbocycles. The summed E-state index contributed by atoms with van der Waals surface area (Å²) in [5, 5.41) is 8.51. The van der Waals surface area contributed by atoms with E-state index in [-0.39, 0.29) is 5.41 Å². The standard InChI is InChI=1S/C61H48N2O2/c1-35-17-14-19-37(33-35)55(62-39-21-10-8-11-22-39)51-43-30-32-48-49-45-29-31-46(54(59(45)64-48)60(3,4)5)61(6,7)47-26-16-25-41-42-27-28-44(53(50(43)49)58(42)65-57(41)47)52(51)56(38-20-15-18-36(2)34-38)63-40-23-12-9-13-24-40/h8-34H,1-7H3. The van der Waals surface area contributed by atoms with Gasteiger partial charge in [-0.25, -0.2) is 9.98 Å². The van der Waals surface area contributed by atoms with Crippen LogP contribution in [0.3, 0.4) is 0 Å². The van der Waals surface area contributed by atoms with Crippen molar-refractivity contribution >= 4 is 88.2 Å². The molecule has 0 atom stereocenters. The number of benzene rings is 9. The van der Waals surface area contributed by atoms with Crippen LogP contribution >= 0.6 is 0 Å². The Morgan fingerprint density at radius 2 is 0.985 bits per heavy atom. The molecule has 4 heterocycles. The van der Waals surface area contributed by atoms with Crippen molar-refractivity contribution in [1.82, 2.24) is 0 Å². The average molecular weight is 841 g/mol. The summed E-state index contributed by atoms with van der Waals surface area (Å²) in [6, 6.07) is 58.5. The zero-order chi connectivity index (χ0) is 44.4. The van der Waals surface area contributed by atoms with Gasteiger partial charge in [0.15, 0.2) is 0 Å². The Morgan fingerprint density at radius 1 is 0.446 bits per heavy atom. The molecule has 9 aromatic carbocycles. The quantitative estimate of drug-likeness (QED) is 0.124. The van der Waals surface area contributed by atoms with Crippen LogP contribution in [-0.4, -0.2) is 11.4 Å². The molecule has 11 aromatic rings. The largest absolute Gasteiger partial charge is 0.456 e. The number of hydrogen-bond acceptors (Lipinski definition) is 4. The summed E-state index contributed by atoms with van der Waals surface area (Å²) in [5.41, 5.74) is 16.2. The molecule has 13 rings (SSSR count). The molecule has 2 aromatic heterocycles. The molecule has 4 heteroatoms. The minimum atomic E-state index is -0.425. The van der Waals surface area contributed by atoms with E-state index in [4.69, 9.17) is 18.8 Å². The van der Waals surface area contributed by atoms with Gasteiger partial charge in [0.25, 0.3) is 0 Å². The lowest BCUT2D eigenvalue weighted by Crippen LogP contribution is -2.26. The molecule has 2 aliphatic rings. The molecule has 2 aliphatic heterocycles. The number of rotatable bonds is 6. The van der Waals surface area contributed by atoms with E-state index < -0.39 is 5.41 Å². The molecule has 6 bridgehead atoms. The predicted octanol–water partition coefficient (Wildman–Crippen LogP) is 16.7. The Balaban J connectivity index is 1.41. The summed E-state index contributed by atoms with van der Waals surface area (Å²) >= 11 is 0. The molecular formula is C61H48N2O2. The van der Waals surface area contributed by atoms with Gasteiger partial charge in [0, 0.05) is 71.1 Å². The molecule has 314 valence electrons. The van der Waals surface area contributed by atoms with Crippen LogP contribution in [0.25, 0.3) is 65.4 Å². The van der Waals surface area contributed by atoms with Gasteiger partial charge in [-0.15, -0.1) is 0 Å². The minimum absolute atomic E-state index is 0.244. The van der Waals surface area contributed by atoms with Gasteiger partial charge in [0.2, 0.25) is 0 Å². The zero-order valence-corrected chi connectivity index (χ0v) is 37.8. The lowest BCUT2D eigenvalue weighted by atomic mass is 9.70. The van der Waals surface area contributed by atoms with Gasteiger partial charge in [-0.1, -0.05) is 155 Å². The van der Waals surface area contributed by atoms with Crippen LogP contribution in [0.4, 0.5) is 11.4 Å². The first-order chi connectivity index (χ1) is 31.5. The van der Waals surface area contributed by atoms with Crippen molar-refractivity contribution in [3.63, 3.8) is 0 Å². The van der Waals surface area contributed by atoms with E-state index in [9.17, 15) is 0 Å². The number of hydrogen-bond donors (Lipinski definition) is 0. The predicted molar refractivity (Wildman–Crippen MR) is 273 cm³/mol.